The predicted octanol–water partition coefficient (Wildman–Crippen LogP) is 15.6. The maximum absolute atomic E-state index is 4.87. The molecule has 1 aliphatic heterocycles. The maximum Gasteiger partial charge on any atom is 0.105 e. The number of aliphatic imine (C=N–C) groups is 1. The topological polar surface area (TPSA) is 21.7 Å². The number of fused-ring (bicyclic) bond motifs is 15. The fourth-order valence-electron chi connectivity index (χ4n) is 11.6. The highest BCUT2D eigenvalue weighted by molar-refractivity contribution is 8.15. The zero-order valence-corrected chi connectivity index (χ0v) is 35.9. The number of aromatic nitrogens is 2. The first-order chi connectivity index (χ1) is 31.0. The number of benzene rings is 9. The first-order valence-corrected chi connectivity index (χ1v) is 22.7. The number of rotatable bonds is 3. The molecule has 0 fully saturated rings. The van der Waals surface area contributed by atoms with Gasteiger partial charge < -0.3 is 8.97 Å². The minimum Gasteiger partial charge on any atom is -0.308 e. The number of nitrogens with zero attached hydrogens (tertiary/aromatic N) is 3. The number of para-hydroxylation sites is 3. The van der Waals surface area contributed by atoms with E-state index >= 15 is 0 Å². The van der Waals surface area contributed by atoms with E-state index in [4.69, 9.17) is 4.99 Å². The molecule has 0 bridgehead atoms. The van der Waals surface area contributed by atoms with Crippen molar-refractivity contribution in [3.8, 4) is 22.3 Å². The van der Waals surface area contributed by atoms with Gasteiger partial charge in [-0.3, -0.25) is 4.99 Å². The molecule has 0 saturated heterocycles. The van der Waals surface area contributed by atoms with Gasteiger partial charge in [0, 0.05) is 60.8 Å². The van der Waals surface area contributed by atoms with Crippen LogP contribution in [0.2, 0.25) is 0 Å². The highest BCUT2D eigenvalue weighted by Gasteiger charge is 2.37. The Labute approximate surface area is 368 Å². The monoisotopic (exact) mass is 821 g/mol. The Kier molecular flexibility index (Phi) is 7.04. The molecular formula is C59H39N3S. The minimum atomic E-state index is -0.167. The number of thioether (sulfide) groups is 1. The van der Waals surface area contributed by atoms with Gasteiger partial charge in [0.1, 0.15) is 5.04 Å². The van der Waals surface area contributed by atoms with Crippen molar-refractivity contribution in [3.05, 3.63) is 204 Å². The summed E-state index contributed by atoms with van der Waals surface area (Å²) < 4.78 is 4.97. The summed E-state index contributed by atoms with van der Waals surface area (Å²) in [6.45, 7) is 4.83. The Morgan fingerprint density at radius 1 is 0.492 bits per heavy atom. The van der Waals surface area contributed by atoms with Crippen molar-refractivity contribution in [2.45, 2.75) is 24.2 Å². The largest absolute Gasteiger partial charge is 0.308 e. The van der Waals surface area contributed by atoms with E-state index in [2.05, 4.69) is 205 Å². The van der Waals surface area contributed by atoms with Crippen molar-refractivity contribution in [2.24, 2.45) is 4.99 Å². The molecule has 0 spiro atoms. The fraction of sp³-hybridized carbons (Fsp3) is 0.0678. The van der Waals surface area contributed by atoms with E-state index in [0.717, 1.165) is 16.3 Å². The van der Waals surface area contributed by atoms with Crippen LogP contribution in [0.15, 0.2) is 192 Å². The van der Waals surface area contributed by atoms with Crippen LogP contribution in [0.3, 0.4) is 0 Å². The maximum atomic E-state index is 4.87. The minimum absolute atomic E-state index is 0.167. The molecule has 4 heterocycles. The van der Waals surface area contributed by atoms with E-state index in [1.807, 2.05) is 7.05 Å². The summed E-state index contributed by atoms with van der Waals surface area (Å²) in [5.41, 5.74) is 18.7. The van der Waals surface area contributed by atoms with Gasteiger partial charge in [0.25, 0.3) is 0 Å². The van der Waals surface area contributed by atoms with Gasteiger partial charge >= 0.3 is 0 Å². The SMILES string of the molecule is CN=C1Sc2ccccc2/C1=C(\c1ccccc1)n1c2ccccc2c2cc(-c3ccc4c(c3)-c3ccc5cc6c(cc5c3C4(C)C)c3cccc4c5ccccc5n6c43)ccc21. The van der Waals surface area contributed by atoms with Crippen LogP contribution in [-0.2, 0) is 5.41 Å². The summed E-state index contributed by atoms with van der Waals surface area (Å²) >= 11 is 1.76. The smallest absolute Gasteiger partial charge is 0.105 e. The highest BCUT2D eigenvalue weighted by atomic mass is 32.2. The Hall–Kier alpha value is -7.40. The van der Waals surface area contributed by atoms with Crippen LogP contribution >= 0.6 is 11.8 Å². The number of hydrogen-bond acceptors (Lipinski definition) is 2. The van der Waals surface area contributed by atoms with E-state index in [0.29, 0.717) is 0 Å². The molecule has 4 heteroatoms. The summed E-state index contributed by atoms with van der Waals surface area (Å²) in [6, 6.07) is 68.0. The molecule has 9 aromatic carbocycles. The lowest BCUT2D eigenvalue weighted by Gasteiger charge is -2.23. The molecule has 0 amide bonds. The summed E-state index contributed by atoms with van der Waals surface area (Å²) in [6.07, 6.45) is 0. The van der Waals surface area contributed by atoms with Crippen LogP contribution in [0.25, 0.3) is 104 Å². The quantitative estimate of drug-likeness (QED) is 0.174. The van der Waals surface area contributed by atoms with Crippen LogP contribution in [0.5, 0.6) is 0 Å². The van der Waals surface area contributed by atoms with Gasteiger partial charge in [-0.2, -0.15) is 0 Å². The Bertz CT molecular complexity index is 4030. The summed E-state index contributed by atoms with van der Waals surface area (Å²) in [5, 5.41) is 11.4. The average Bonchev–Trinajstić information content (AvgIpc) is 4.11. The average molecular weight is 822 g/mol. The molecule has 3 nitrogen and oxygen atoms in total. The van der Waals surface area contributed by atoms with Crippen LogP contribution < -0.4 is 0 Å². The standard InChI is InChI=1S/C59H39N3S/c1-59(2)48-28-25-35(30-45(48)40-27-24-37-32-52-47(33-44(37)55(40)59)42-20-13-19-41-38-16-7-10-21-49(38)62(52)57(41)42)36-26-29-51-46(31-36)39-17-8-11-22-50(39)61(51)56(34-14-5-4-6-15-34)54-43-18-9-12-23-53(43)63-58(54)60-3/h4-33H,1-3H3/b56-54-,60-58?. The van der Waals surface area contributed by atoms with E-state index in [1.165, 1.54) is 120 Å². The van der Waals surface area contributed by atoms with Crippen molar-refractivity contribution in [1.82, 2.24) is 8.97 Å². The summed E-state index contributed by atoms with van der Waals surface area (Å²) in [5.74, 6) is 0. The normalized spacial score (nSPS) is 15.8. The second kappa shape index (κ2) is 12.6. The summed E-state index contributed by atoms with van der Waals surface area (Å²) in [7, 11) is 1.92. The third-order valence-corrected chi connectivity index (χ3v) is 15.4. The zero-order chi connectivity index (χ0) is 41.7. The van der Waals surface area contributed by atoms with Crippen molar-refractivity contribution in [2.75, 3.05) is 7.05 Å². The molecule has 3 aromatic heterocycles. The van der Waals surface area contributed by atoms with Crippen molar-refractivity contribution >= 4 is 98.7 Å². The van der Waals surface area contributed by atoms with Crippen LogP contribution in [-0.4, -0.2) is 21.1 Å². The second-order valence-electron chi connectivity index (χ2n) is 17.8. The highest BCUT2D eigenvalue weighted by Crippen LogP contribution is 2.54. The first-order valence-electron chi connectivity index (χ1n) is 21.8. The molecule has 63 heavy (non-hydrogen) atoms. The van der Waals surface area contributed by atoms with Crippen molar-refractivity contribution in [3.63, 3.8) is 0 Å². The van der Waals surface area contributed by atoms with Crippen molar-refractivity contribution in [1.29, 1.82) is 0 Å². The Morgan fingerprint density at radius 3 is 2.00 bits per heavy atom. The molecule has 14 rings (SSSR count). The zero-order valence-electron chi connectivity index (χ0n) is 35.1. The predicted molar refractivity (Wildman–Crippen MR) is 269 cm³/mol. The molecule has 0 saturated carbocycles. The molecule has 2 aliphatic rings. The molecule has 0 N–H and O–H groups in total. The van der Waals surface area contributed by atoms with Crippen LogP contribution in [0.1, 0.15) is 36.1 Å². The third-order valence-electron chi connectivity index (χ3n) is 14.3. The van der Waals surface area contributed by atoms with Gasteiger partial charge in [-0.1, -0.05) is 159 Å². The van der Waals surface area contributed by atoms with Gasteiger partial charge in [-0.25, -0.2) is 0 Å². The van der Waals surface area contributed by atoms with Gasteiger partial charge in [0.15, 0.2) is 0 Å². The summed E-state index contributed by atoms with van der Waals surface area (Å²) in [4.78, 5) is 6.11. The molecule has 296 valence electrons. The lowest BCUT2D eigenvalue weighted by molar-refractivity contribution is 0.666. The molecule has 0 unspecified atom stereocenters. The first kappa shape index (κ1) is 35.2. The van der Waals surface area contributed by atoms with E-state index in [1.54, 1.807) is 11.8 Å². The molecule has 1 aliphatic carbocycles. The lowest BCUT2D eigenvalue weighted by atomic mass is 9.80. The Morgan fingerprint density at radius 2 is 1.16 bits per heavy atom. The van der Waals surface area contributed by atoms with E-state index in [-0.39, 0.29) is 5.41 Å². The molecular weight excluding hydrogens is 783 g/mol. The molecule has 0 atom stereocenters. The van der Waals surface area contributed by atoms with Crippen LogP contribution in [0, 0.1) is 0 Å². The second-order valence-corrected chi connectivity index (χ2v) is 18.9. The van der Waals surface area contributed by atoms with E-state index < -0.39 is 0 Å². The Balaban J connectivity index is 0.957. The van der Waals surface area contributed by atoms with E-state index in [9.17, 15) is 0 Å². The molecule has 0 radical (unpaired) electrons. The molecule has 12 aromatic rings. The fourth-order valence-corrected chi connectivity index (χ4v) is 12.6. The number of hydrogen-bond donors (Lipinski definition) is 0. The lowest BCUT2D eigenvalue weighted by Crippen LogP contribution is -2.15. The van der Waals surface area contributed by atoms with Crippen molar-refractivity contribution < 1.29 is 0 Å². The van der Waals surface area contributed by atoms with Gasteiger partial charge in [-0.05, 0) is 98.2 Å². The van der Waals surface area contributed by atoms with Gasteiger partial charge in [-0.15, -0.1) is 0 Å². The third kappa shape index (κ3) is 4.63. The van der Waals surface area contributed by atoms with Gasteiger partial charge in [0.2, 0.25) is 0 Å². The van der Waals surface area contributed by atoms with Gasteiger partial charge in [0.05, 0.1) is 33.3 Å². The van der Waals surface area contributed by atoms with Crippen LogP contribution in [0.4, 0.5) is 0 Å².